The zero-order chi connectivity index (χ0) is 11.6. The van der Waals surface area contributed by atoms with Crippen LogP contribution >= 0.6 is 11.8 Å². The van der Waals surface area contributed by atoms with Crippen LogP contribution in [0.1, 0.15) is 19.5 Å². The minimum atomic E-state index is 0.288. The van der Waals surface area contributed by atoms with Crippen molar-refractivity contribution in [1.82, 2.24) is 10.3 Å². The lowest BCUT2D eigenvalue weighted by molar-refractivity contribution is 0.516. The van der Waals surface area contributed by atoms with Crippen molar-refractivity contribution in [2.45, 2.75) is 25.1 Å². The second-order valence-corrected chi connectivity index (χ2v) is 6.48. The Labute approximate surface area is 101 Å². The van der Waals surface area contributed by atoms with Crippen molar-refractivity contribution < 1.29 is 4.42 Å². The molecule has 5 heteroatoms. The summed E-state index contributed by atoms with van der Waals surface area (Å²) in [5, 5.41) is 3.07. The summed E-state index contributed by atoms with van der Waals surface area (Å²) >= 11 is 2.01. The molecule has 1 aromatic rings. The maximum atomic E-state index is 5.52. The van der Waals surface area contributed by atoms with Gasteiger partial charge in [0.15, 0.2) is 0 Å². The van der Waals surface area contributed by atoms with E-state index in [1.165, 1.54) is 0 Å². The zero-order valence-corrected chi connectivity index (χ0v) is 10.9. The molecule has 0 aromatic carbocycles. The highest BCUT2D eigenvalue weighted by Gasteiger charge is 2.29. The van der Waals surface area contributed by atoms with Crippen LogP contribution in [-0.4, -0.2) is 35.6 Å². The molecule has 1 N–H and O–H groups in total. The standard InChI is InChI=1S/C11H19N3OS/c1-11(2)8-14(4-5-16-11)10-13-9(6-12-3)7-15-10/h7,12H,4-6,8H2,1-3H3. The van der Waals surface area contributed by atoms with Crippen molar-refractivity contribution in [2.75, 3.05) is 30.8 Å². The van der Waals surface area contributed by atoms with Crippen molar-refractivity contribution in [1.29, 1.82) is 0 Å². The Balaban J connectivity index is 2.05. The van der Waals surface area contributed by atoms with Crippen molar-refractivity contribution in [3.63, 3.8) is 0 Å². The van der Waals surface area contributed by atoms with Gasteiger partial charge >= 0.3 is 0 Å². The van der Waals surface area contributed by atoms with Crippen molar-refractivity contribution in [3.8, 4) is 0 Å². The average molecular weight is 241 g/mol. The van der Waals surface area contributed by atoms with Gasteiger partial charge in [0.05, 0.1) is 5.69 Å². The van der Waals surface area contributed by atoms with E-state index in [0.29, 0.717) is 0 Å². The molecule has 0 bridgehead atoms. The van der Waals surface area contributed by atoms with Gasteiger partial charge < -0.3 is 14.6 Å². The normalized spacial score (nSPS) is 20.1. The highest BCUT2D eigenvalue weighted by atomic mass is 32.2. The number of hydrogen-bond donors (Lipinski definition) is 1. The molecule has 1 fully saturated rings. The quantitative estimate of drug-likeness (QED) is 0.873. The van der Waals surface area contributed by atoms with Gasteiger partial charge in [0.2, 0.25) is 0 Å². The van der Waals surface area contributed by atoms with Crippen LogP contribution in [0.3, 0.4) is 0 Å². The first-order valence-electron chi connectivity index (χ1n) is 5.59. The van der Waals surface area contributed by atoms with Gasteiger partial charge in [0, 0.05) is 30.1 Å². The number of anilines is 1. The van der Waals surface area contributed by atoms with E-state index >= 15 is 0 Å². The molecule has 0 aliphatic carbocycles. The van der Waals surface area contributed by atoms with Gasteiger partial charge in [-0.05, 0) is 20.9 Å². The van der Waals surface area contributed by atoms with E-state index in [1.807, 2.05) is 18.8 Å². The fourth-order valence-electron chi connectivity index (χ4n) is 1.88. The van der Waals surface area contributed by atoms with E-state index in [9.17, 15) is 0 Å². The van der Waals surface area contributed by atoms with Gasteiger partial charge in [-0.1, -0.05) is 0 Å². The Bertz CT molecular complexity index is 351. The summed E-state index contributed by atoms with van der Waals surface area (Å²) in [5.74, 6) is 1.14. The molecule has 0 atom stereocenters. The summed E-state index contributed by atoms with van der Waals surface area (Å²) < 4.78 is 5.80. The lowest BCUT2D eigenvalue weighted by Gasteiger charge is -2.36. The van der Waals surface area contributed by atoms with E-state index in [1.54, 1.807) is 6.26 Å². The first kappa shape index (κ1) is 11.8. The van der Waals surface area contributed by atoms with Crippen LogP contribution in [0.15, 0.2) is 10.7 Å². The Morgan fingerprint density at radius 3 is 3.12 bits per heavy atom. The van der Waals surface area contributed by atoms with E-state index in [2.05, 4.69) is 29.0 Å². The van der Waals surface area contributed by atoms with E-state index < -0.39 is 0 Å². The lowest BCUT2D eigenvalue weighted by Crippen LogP contribution is -2.43. The highest BCUT2D eigenvalue weighted by molar-refractivity contribution is 8.00. The molecule has 1 aliphatic heterocycles. The van der Waals surface area contributed by atoms with Gasteiger partial charge in [-0.2, -0.15) is 16.7 Å². The molecule has 2 rings (SSSR count). The largest absolute Gasteiger partial charge is 0.432 e. The second kappa shape index (κ2) is 4.67. The zero-order valence-electron chi connectivity index (χ0n) is 10.1. The van der Waals surface area contributed by atoms with Gasteiger partial charge in [0.25, 0.3) is 6.01 Å². The lowest BCUT2D eigenvalue weighted by atomic mass is 10.2. The van der Waals surface area contributed by atoms with Crippen molar-refractivity contribution >= 4 is 17.8 Å². The fraction of sp³-hybridized carbons (Fsp3) is 0.727. The molecule has 1 aliphatic rings. The van der Waals surface area contributed by atoms with Gasteiger partial charge in [0.1, 0.15) is 6.26 Å². The molecule has 16 heavy (non-hydrogen) atoms. The molecule has 90 valence electrons. The monoisotopic (exact) mass is 241 g/mol. The molecule has 1 saturated heterocycles. The minimum absolute atomic E-state index is 0.288. The predicted molar refractivity (Wildman–Crippen MR) is 68.0 cm³/mol. The van der Waals surface area contributed by atoms with Crippen LogP contribution in [-0.2, 0) is 6.54 Å². The van der Waals surface area contributed by atoms with Crippen molar-refractivity contribution in [3.05, 3.63) is 12.0 Å². The van der Waals surface area contributed by atoms with Crippen LogP contribution in [0.25, 0.3) is 0 Å². The molecule has 0 amide bonds. The van der Waals surface area contributed by atoms with Gasteiger partial charge in [-0.15, -0.1) is 0 Å². The number of thioether (sulfide) groups is 1. The maximum Gasteiger partial charge on any atom is 0.297 e. The van der Waals surface area contributed by atoms with Crippen molar-refractivity contribution in [2.24, 2.45) is 0 Å². The molecular weight excluding hydrogens is 222 g/mol. The smallest absolute Gasteiger partial charge is 0.297 e. The number of nitrogens with one attached hydrogen (secondary N) is 1. The fourth-order valence-corrected chi connectivity index (χ4v) is 2.99. The topological polar surface area (TPSA) is 41.3 Å². The Morgan fingerprint density at radius 2 is 2.44 bits per heavy atom. The third-order valence-electron chi connectivity index (χ3n) is 2.59. The first-order chi connectivity index (χ1) is 7.61. The van der Waals surface area contributed by atoms with E-state index in [0.717, 1.165) is 37.1 Å². The number of aromatic nitrogens is 1. The summed E-state index contributed by atoms with van der Waals surface area (Å²) in [6.45, 7) is 7.31. The van der Waals surface area contributed by atoms with Gasteiger partial charge in [-0.25, -0.2) is 0 Å². The SMILES string of the molecule is CNCc1coc(N2CCSC(C)(C)C2)n1. The van der Waals surface area contributed by atoms with Crippen LogP contribution in [0.2, 0.25) is 0 Å². The minimum Gasteiger partial charge on any atom is -0.432 e. The number of nitrogens with zero attached hydrogens (tertiary/aromatic N) is 2. The predicted octanol–water partition coefficient (Wildman–Crippen LogP) is 1.73. The molecule has 0 radical (unpaired) electrons. The molecule has 0 saturated carbocycles. The summed E-state index contributed by atoms with van der Waals surface area (Å²) in [6.07, 6.45) is 1.74. The maximum absolute atomic E-state index is 5.52. The third-order valence-corrected chi connectivity index (χ3v) is 3.89. The van der Waals surface area contributed by atoms with Gasteiger partial charge in [-0.3, -0.25) is 0 Å². The summed E-state index contributed by atoms with van der Waals surface area (Å²) in [6, 6.07) is 0.763. The Hall–Kier alpha value is -0.680. The number of hydrogen-bond acceptors (Lipinski definition) is 5. The average Bonchev–Trinajstić information content (AvgIpc) is 2.65. The molecule has 4 nitrogen and oxygen atoms in total. The highest BCUT2D eigenvalue weighted by Crippen LogP contribution is 2.31. The Kier molecular flexibility index (Phi) is 3.44. The van der Waals surface area contributed by atoms with E-state index in [-0.39, 0.29) is 4.75 Å². The molecular formula is C11H19N3OS. The van der Waals surface area contributed by atoms with E-state index in [4.69, 9.17) is 4.42 Å². The third kappa shape index (κ3) is 2.71. The van der Waals surface area contributed by atoms with Crippen LogP contribution in [0, 0.1) is 0 Å². The summed E-state index contributed by atoms with van der Waals surface area (Å²) in [7, 11) is 1.91. The number of rotatable bonds is 3. The molecule has 0 unspecified atom stereocenters. The summed E-state index contributed by atoms with van der Waals surface area (Å²) in [5.41, 5.74) is 0.966. The Morgan fingerprint density at radius 1 is 1.62 bits per heavy atom. The summed E-state index contributed by atoms with van der Waals surface area (Å²) in [4.78, 5) is 6.71. The van der Waals surface area contributed by atoms with Crippen LogP contribution < -0.4 is 10.2 Å². The second-order valence-electron chi connectivity index (χ2n) is 4.68. The first-order valence-corrected chi connectivity index (χ1v) is 6.57. The number of oxazole rings is 1. The molecule has 0 spiro atoms. The molecule has 2 heterocycles. The molecule has 1 aromatic heterocycles. The van der Waals surface area contributed by atoms with Crippen LogP contribution in [0.4, 0.5) is 6.01 Å². The van der Waals surface area contributed by atoms with Crippen LogP contribution in [0.5, 0.6) is 0 Å².